The zero-order valence-electron chi connectivity index (χ0n) is 22.3. The summed E-state index contributed by atoms with van der Waals surface area (Å²) in [5, 5.41) is 13.3. The van der Waals surface area contributed by atoms with Crippen LogP contribution in [0.25, 0.3) is 0 Å². The molecule has 1 fully saturated rings. The molecule has 1 aromatic heterocycles. The third kappa shape index (κ3) is 5.08. The van der Waals surface area contributed by atoms with Crippen LogP contribution in [0.4, 0.5) is 21.5 Å². The number of halogens is 1. The second kappa shape index (κ2) is 11.1. The maximum atomic E-state index is 13.9. The number of carbonyl (C=O) groups is 3. The highest BCUT2D eigenvalue weighted by molar-refractivity contribution is 8.00. The molecular formula is C29H21FN4O7S2. The molecule has 0 bridgehead atoms. The summed E-state index contributed by atoms with van der Waals surface area (Å²) < 4.78 is 20.3. The number of thioether (sulfide) groups is 1. The van der Waals surface area contributed by atoms with Crippen LogP contribution in [0, 0.1) is 21.8 Å². The maximum absolute atomic E-state index is 13.9. The Kier molecular flexibility index (Phi) is 7.31. The highest BCUT2D eigenvalue weighted by atomic mass is 32.2. The zero-order chi connectivity index (χ0) is 30.4. The molecule has 0 aliphatic carbocycles. The van der Waals surface area contributed by atoms with Crippen molar-refractivity contribution in [1.29, 1.82) is 0 Å². The van der Waals surface area contributed by atoms with Crippen molar-refractivity contribution < 1.29 is 28.4 Å². The lowest BCUT2D eigenvalue weighted by molar-refractivity contribution is -0.384. The maximum Gasteiger partial charge on any atom is 0.308 e. The van der Waals surface area contributed by atoms with E-state index in [0.717, 1.165) is 28.0 Å². The smallest absolute Gasteiger partial charge is 0.308 e. The predicted molar refractivity (Wildman–Crippen MR) is 157 cm³/mol. The number of fused-ring (bicyclic) bond motifs is 2. The van der Waals surface area contributed by atoms with E-state index in [1.54, 1.807) is 24.3 Å². The van der Waals surface area contributed by atoms with Gasteiger partial charge in [-0.15, -0.1) is 0 Å². The number of methoxy groups -OCH3 is 1. The summed E-state index contributed by atoms with van der Waals surface area (Å²) in [6, 6.07) is 17.2. The molecule has 1 N–H and O–H groups in total. The molecule has 4 aromatic rings. The first-order chi connectivity index (χ1) is 20.7. The third-order valence-corrected chi connectivity index (χ3v) is 9.88. The van der Waals surface area contributed by atoms with Crippen molar-refractivity contribution in [2.24, 2.45) is 5.92 Å². The lowest BCUT2D eigenvalue weighted by Gasteiger charge is -2.30. The van der Waals surface area contributed by atoms with Crippen LogP contribution in [0.15, 0.2) is 82.6 Å². The molecule has 218 valence electrons. The van der Waals surface area contributed by atoms with Gasteiger partial charge in [0, 0.05) is 28.6 Å². The molecule has 2 aliphatic heterocycles. The number of non-ortho nitro benzene ring substituents is 1. The Bertz CT molecular complexity index is 1820. The summed E-state index contributed by atoms with van der Waals surface area (Å²) in [4.78, 5) is 65.5. The largest absolute Gasteiger partial charge is 0.497 e. The highest BCUT2D eigenvalue weighted by Gasteiger charge is 2.56. The number of carbonyl (C=O) groups excluding carboxylic acids is 3. The number of anilines is 2. The van der Waals surface area contributed by atoms with Crippen molar-refractivity contribution in [2.75, 3.05) is 17.3 Å². The van der Waals surface area contributed by atoms with E-state index in [0.29, 0.717) is 26.9 Å². The van der Waals surface area contributed by atoms with Gasteiger partial charge in [0.05, 0.1) is 28.7 Å². The first-order valence-electron chi connectivity index (χ1n) is 12.9. The van der Waals surface area contributed by atoms with Gasteiger partial charge in [0.1, 0.15) is 23.4 Å². The molecule has 3 heterocycles. The average molecular weight is 621 g/mol. The Morgan fingerprint density at radius 1 is 1.00 bits per heavy atom. The molecule has 0 spiro atoms. The van der Waals surface area contributed by atoms with Gasteiger partial charge in [0.2, 0.25) is 17.7 Å². The number of ether oxygens (including phenoxy) is 1. The van der Waals surface area contributed by atoms with Crippen molar-refractivity contribution in [2.45, 2.75) is 22.7 Å². The lowest BCUT2D eigenvalue weighted by Crippen LogP contribution is -2.33. The van der Waals surface area contributed by atoms with E-state index in [1.165, 1.54) is 60.2 Å². The number of aromatic nitrogens is 1. The quantitative estimate of drug-likeness (QED) is 0.182. The number of rotatable bonds is 7. The predicted octanol–water partition coefficient (Wildman–Crippen LogP) is 4.40. The first kappa shape index (κ1) is 28.3. The third-order valence-electron chi connectivity index (χ3n) is 7.27. The first-order valence-corrected chi connectivity index (χ1v) is 14.6. The molecule has 43 heavy (non-hydrogen) atoms. The second-order valence-corrected chi connectivity index (χ2v) is 11.9. The van der Waals surface area contributed by atoms with Gasteiger partial charge in [0.15, 0.2) is 0 Å². The number of amides is 3. The Morgan fingerprint density at radius 3 is 2.30 bits per heavy atom. The Morgan fingerprint density at radius 2 is 1.67 bits per heavy atom. The van der Waals surface area contributed by atoms with Gasteiger partial charge in [0.25, 0.3) is 5.69 Å². The van der Waals surface area contributed by atoms with Gasteiger partial charge in [-0.3, -0.25) is 33.9 Å². The van der Waals surface area contributed by atoms with Crippen LogP contribution in [-0.2, 0) is 20.9 Å². The van der Waals surface area contributed by atoms with Gasteiger partial charge >= 0.3 is 4.87 Å². The summed E-state index contributed by atoms with van der Waals surface area (Å²) >= 11 is 1.90. The standard InChI is InChI=1S/C29H21FN4O7S2/c1-41-20-12-6-17(7-13-20)31-21(35)14-32-28-25(43-29(32)38)22(15-2-4-16(30)5-3-15)23-24(42-28)27(37)33(26(23)36)18-8-10-19(11-9-18)34(39)40/h2-13,22-24H,14H2,1H3,(H,31,35)/t22-,23+,24-/m0/s1. The van der Waals surface area contributed by atoms with Crippen LogP contribution in [0.2, 0.25) is 0 Å². The summed E-state index contributed by atoms with van der Waals surface area (Å²) in [5.74, 6) is -3.17. The van der Waals surface area contributed by atoms with Crippen LogP contribution in [0.1, 0.15) is 16.4 Å². The molecule has 0 saturated carbocycles. The minimum Gasteiger partial charge on any atom is -0.497 e. The van der Waals surface area contributed by atoms with E-state index < -0.39 is 50.4 Å². The van der Waals surface area contributed by atoms with Gasteiger partial charge in [-0.1, -0.05) is 35.2 Å². The molecule has 0 radical (unpaired) electrons. The number of hydrogen-bond acceptors (Lipinski definition) is 9. The van der Waals surface area contributed by atoms with Crippen molar-refractivity contribution in [3.63, 3.8) is 0 Å². The van der Waals surface area contributed by atoms with Gasteiger partial charge < -0.3 is 10.1 Å². The van der Waals surface area contributed by atoms with E-state index in [1.807, 2.05) is 0 Å². The van der Waals surface area contributed by atoms with Crippen molar-refractivity contribution in [3.05, 3.63) is 109 Å². The van der Waals surface area contributed by atoms with Gasteiger partial charge in [-0.05, 0) is 54.1 Å². The van der Waals surface area contributed by atoms with Crippen LogP contribution in [-0.4, -0.2) is 39.6 Å². The molecular weight excluding hydrogens is 599 g/mol. The highest BCUT2D eigenvalue weighted by Crippen LogP contribution is 2.53. The molecule has 3 aromatic carbocycles. The van der Waals surface area contributed by atoms with Crippen LogP contribution >= 0.6 is 23.1 Å². The fraction of sp³-hybridized carbons (Fsp3) is 0.172. The zero-order valence-corrected chi connectivity index (χ0v) is 23.9. The number of nitrogens with one attached hydrogen (secondary N) is 1. The monoisotopic (exact) mass is 620 g/mol. The summed E-state index contributed by atoms with van der Waals surface area (Å²) in [6.45, 7) is -0.342. The number of nitro benzene ring substituents is 1. The van der Waals surface area contributed by atoms with Gasteiger partial charge in [-0.25, -0.2) is 9.29 Å². The number of benzene rings is 3. The Balaban J connectivity index is 1.37. The summed E-state index contributed by atoms with van der Waals surface area (Å²) in [6.07, 6.45) is 0. The number of thiazole rings is 1. The average Bonchev–Trinajstić information content (AvgIpc) is 3.44. The summed E-state index contributed by atoms with van der Waals surface area (Å²) in [7, 11) is 1.52. The topological polar surface area (TPSA) is 141 Å². The Hall–Kier alpha value is -4.82. The number of imide groups is 1. The second-order valence-electron chi connectivity index (χ2n) is 9.78. The van der Waals surface area contributed by atoms with E-state index in [-0.39, 0.29) is 17.9 Å². The fourth-order valence-electron chi connectivity index (χ4n) is 5.28. The number of nitro groups is 1. The van der Waals surface area contributed by atoms with Gasteiger partial charge in [-0.2, -0.15) is 0 Å². The number of nitrogens with zero attached hydrogens (tertiary/aromatic N) is 3. The van der Waals surface area contributed by atoms with E-state index in [9.17, 15) is 33.7 Å². The fourth-order valence-corrected chi connectivity index (χ4v) is 8.05. The molecule has 11 nitrogen and oxygen atoms in total. The SMILES string of the molecule is COc1ccc(NC(=O)Cn2c3c(sc2=O)[C@@H](c2ccc(F)cc2)[C@H]2C(=O)N(c4ccc([N+](=O)[O-])cc4)C(=O)[C@H]2S3)cc1. The molecule has 0 unspecified atom stereocenters. The molecule has 2 aliphatic rings. The van der Waals surface area contributed by atoms with Crippen molar-refractivity contribution >= 4 is 57.9 Å². The molecule has 3 amide bonds. The molecule has 1 saturated heterocycles. The van der Waals surface area contributed by atoms with Crippen LogP contribution < -0.4 is 19.8 Å². The molecule has 6 rings (SSSR count). The van der Waals surface area contributed by atoms with Crippen molar-refractivity contribution in [3.8, 4) is 5.75 Å². The minimum atomic E-state index is -0.963. The minimum absolute atomic E-state index is 0.174. The Labute approximate surface area is 251 Å². The van der Waals surface area contributed by atoms with Crippen molar-refractivity contribution in [1.82, 2.24) is 4.57 Å². The van der Waals surface area contributed by atoms with Crippen LogP contribution in [0.3, 0.4) is 0 Å². The normalized spacial score (nSPS) is 19.1. The molecule has 3 atom stereocenters. The summed E-state index contributed by atoms with van der Waals surface area (Å²) in [5.41, 5.74) is 1.00. The lowest BCUT2D eigenvalue weighted by atomic mass is 9.83. The van der Waals surface area contributed by atoms with E-state index in [4.69, 9.17) is 4.74 Å². The number of hydrogen-bond donors (Lipinski definition) is 1. The van der Waals surface area contributed by atoms with E-state index in [2.05, 4.69) is 5.32 Å². The van der Waals surface area contributed by atoms with Crippen LogP contribution in [0.5, 0.6) is 5.75 Å². The molecule has 14 heteroatoms. The van der Waals surface area contributed by atoms with E-state index >= 15 is 0 Å².